The van der Waals surface area contributed by atoms with Gasteiger partial charge in [-0.05, 0) is 50.8 Å². The Morgan fingerprint density at radius 1 is 0.943 bits per heavy atom. The maximum Gasteiger partial charge on any atom is 0.336 e. The lowest BCUT2D eigenvalue weighted by Crippen LogP contribution is -2.43. The van der Waals surface area contributed by atoms with Gasteiger partial charge in [-0.1, -0.05) is 54.6 Å². The van der Waals surface area contributed by atoms with Gasteiger partial charge in [0.1, 0.15) is 5.92 Å². The summed E-state index contributed by atoms with van der Waals surface area (Å²) in [7, 11) is 0. The minimum Gasteiger partial charge on any atom is -0.465 e. The zero-order valence-electron chi connectivity index (χ0n) is 20.6. The second kappa shape index (κ2) is 10.3. The molecule has 2 aliphatic rings. The Morgan fingerprint density at radius 2 is 1.60 bits per heavy atom. The molecule has 4 rings (SSSR count). The number of benzene rings is 2. The van der Waals surface area contributed by atoms with Gasteiger partial charge in [-0.2, -0.15) is 0 Å². The quantitative estimate of drug-likeness (QED) is 0.483. The molecule has 6 nitrogen and oxygen atoms in total. The first kappa shape index (κ1) is 24.5. The molecule has 1 N–H and O–H groups in total. The van der Waals surface area contributed by atoms with Gasteiger partial charge in [0.05, 0.1) is 18.8 Å². The van der Waals surface area contributed by atoms with Gasteiger partial charge in [0.25, 0.3) is 0 Å². The third kappa shape index (κ3) is 4.53. The van der Waals surface area contributed by atoms with Crippen molar-refractivity contribution in [3.63, 3.8) is 0 Å². The van der Waals surface area contributed by atoms with Crippen LogP contribution in [-0.2, 0) is 23.9 Å². The van der Waals surface area contributed by atoms with E-state index in [9.17, 15) is 14.4 Å². The van der Waals surface area contributed by atoms with Gasteiger partial charge < -0.3 is 14.8 Å². The minimum atomic E-state index is -0.994. The number of carbonyl (C=O) groups excluding carboxylic acids is 3. The van der Waals surface area contributed by atoms with Crippen LogP contribution < -0.4 is 5.32 Å². The predicted octanol–water partition coefficient (Wildman–Crippen LogP) is 4.71. The Morgan fingerprint density at radius 3 is 2.26 bits per heavy atom. The largest absolute Gasteiger partial charge is 0.465 e. The molecule has 0 amide bonds. The van der Waals surface area contributed by atoms with Gasteiger partial charge in [0, 0.05) is 28.8 Å². The molecule has 0 spiro atoms. The number of rotatable bonds is 6. The van der Waals surface area contributed by atoms with Crippen LogP contribution in [0, 0.1) is 12.8 Å². The van der Waals surface area contributed by atoms with Gasteiger partial charge in [0.15, 0.2) is 5.78 Å². The standard InChI is InChI=1S/C29H31NO5/c1-5-34-28(32)23-18(4)30-22-16-21(19-13-8-7-9-14-19)25(29(33)35-6-2)27(31)26(22)24(23)20-15-11-10-12-17(20)3/h7-15,21,24-25,30H,5-6,16H2,1-4H3. The Kier molecular flexibility index (Phi) is 7.20. The maximum atomic E-state index is 14.2. The van der Waals surface area contributed by atoms with E-state index < -0.39 is 23.8 Å². The van der Waals surface area contributed by atoms with Crippen molar-refractivity contribution in [2.45, 2.75) is 46.0 Å². The number of ketones is 1. The zero-order valence-corrected chi connectivity index (χ0v) is 20.6. The lowest BCUT2D eigenvalue weighted by Gasteiger charge is -2.39. The van der Waals surface area contributed by atoms with Crippen LogP contribution in [0.4, 0.5) is 0 Å². The third-order valence-electron chi connectivity index (χ3n) is 6.78. The molecule has 0 radical (unpaired) electrons. The SMILES string of the molecule is CCOC(=O)C1=C(C)NC2=C(C(=O)C(C(=O)OCC)C(c3ccccc3)C2)C1c1ccccc1C. The number of aryl methyl sites for hydroxylation is 1. The second-order valence-electron chi connectivity index (χ2n) is 8.88. The monoisotopic (exact) mass is 473 g/mol. The molecular weight excluding hydrogens is 442 g/mol. The van der Waals surface area contributed by atoms with Gasteiger partial charge in [-0.25, -0.2) is 4.79 Å². The molecule has 3 atom stereocenters. The summed E-state index contributed by atoms with van der Waals surface area (Å²) in [5, 5.41) is 3.33. The van der Waals surface area contributed by atoms with Crippen LogP contribution in [0.3, 0.4) is 0 Å². The molecule has 1 heterocycles. The molecule has 1 aliphatic heterocycles. The fraction of sp³-hybridized carbons (Fsp3) is 0.345. The number of hydrogen-bond acceptors (Lipinski definition) is 6. The van der Waals surface area contributed by atoms with Crippen molar-refractivity contribution >= 4 is 17.7 Å². The molecule has 6 heteroatoms. The van der Waals surface area contributed by atoms with E-state index >= 15 is 0 Å². The Labute approximate surface area is 206 Å². The highest BCUT2D eigenvalue weighted by Gasteiger charge is 2.49. The highest BCUT2D eigenvalue weighted by atomic mass is 16.5. The Balaban J connectivity index is 1.91. The van der Waals surface area contributed by atoms with Crippen LogP contribution in [0.5, 0.6) is 0 Å². The van der Waals surface area contributed by atoms with Gasteiger partial charge in [-0.3, -0.25) is 9.59 Å². The molecular formula is C29H31NO5. The number of ether oxygens (including phenoxy) is 2. The van der Waals surface area contributed by atoms with Crippen LogP contribution in [0.15, 0.2) is 77.1 Å². The molecule has 182 valence electrons. The second-order valence-corrected chi connectivity index (χ2v) is 8.88. The highest BCUT2D eigenvalue weighted by Crippen LogP contribution is 2.48. The van der Waals surface area contributed by atoms with E-state index in [1.807, 2.05) is 68.4 Å². The number of carbonyl (C=O) groups is 3. The fourth-order valence-electron chi connectivity index (χ4n) is 5.25. The van der Waals surface area contributed by atoms with Crippen LogP contribution in [0.1, 0.15) is 55.7 Å². The number of dihydropyridines is 1. The molecule has 0 fully saturated rings. The number of Topliss-reactive ketones (excluding diaryl/α,β-unsaturated/α-hetero) is 1. The van der Waals surface area contributed by atoms with E-state index in [-0.39, 0.29) is 24.9 Å². The van der Waals surface area contributed by atoms with E-state index in [0.29, 0.717) is 23.3 Å². The molecule has 3 unspecified atom stereocenters. The summed E-state index contributed by atoms with van der Waals surface area (Å²) < 4.78 is 10.8. The number of nitrogens with one attached hydrogen (secondary N) is 1. The molecule has 0 saturated carbocycles. The first-order chi connectivity index (χ1) is 16.9. The molecule has 2 aromatic carbocycles. The fourth-order valence-corrected chi connectivity index (χ4v) is 5.25. The van der Waals surface area contributed by atoms with E-state index in [1.165, 1.54) is 0 Å². The van der Waals surface area contributed by atoms with Crippen molar-refractivity contribution in [2.24, 2.45) is 5.92 Å². The van der Waals surface area contributed by atoms with Crippen LogP contribution >= 0.6 is 0 Å². The smallest absolute Gasteiger partial charge is 0.336 e. The minimum absolute atomic E-state index is 0.183. The molecule has 2 aromatic rings. The zero-order chi connectivity index (χ0) is 25.1. The molecule has 1 aliphatic carbocycles. The van der Waals surface area contributed by atoms with Crippen LogP contribution in [0.2, 0.25) is 0 Å². The van der Waals surface area contributed by atoms with Crippen molar-refractivity contribution in [1.82, 2.24) is 5.32 Å². The van der Waals surface area contributed by atoms with Crippen molar-refractivity contribution in [3.8, 4) is 0 Å². The van der Waals surface area contributed by atoms with Crippen LogP contribution in [0.25, 0.3) is 0 Å². The summed E-state index contributed by atoms with van der Waals surface area (Å²) in [5.41, 5.74) is 4.93. The van der Waals surface area contributed by atoms with Gasteiger partial charge >= 0.3 is 11.9 Å². The summed E-state index contributed by atoms with van der Waals surface area (Å²) in [4.78, 5) is 40.5. The average molecular weight is 474 g/mol. The Hall–Kier alpha value is -3.67. The van der Waals surface area contributed by atoms with Crippen molar-refractivity contribution in [1.29, 1.82) is 0 Å². The molecule has 0 aromatic heterocycles. The molecule has 0 bridgehead atoms. The summed E-state index contributed by atoms with van der Waals surface area (Å²) in [6.45, 7) is 7.68. The third-order valence-corrected chi connectivity index (χ3v) is 6.78. The summed E-state index contributed by atoms with van der Waals surface area (Å²) in [6.07, 6.45) is 0.449. The first-order valence-corrected chi connectivity index (χ1v) is 12.1. The van der Waals surface area contributed by atoms with E-state index in [1.54, 1.807) is 13.8 Å². The molecule has 0 saturated heterocycles. The van der Waals surface area contributed by atoms with Gasteiger partial charge in [-0.15, -0.1) is 0 Å². The topological polar surface area (TPSA) is 81.7 Å². The average Bonchev–Trinajstić information content (AvgIpc) is 2.84. The lowest BCUT2D eigenvalue weighted by atomic mass is 9.66. The number of allylic oxidation sites excluding steroid dienone is 3. The van der Waals surface area contributed by atoms with E-state index in [2.05, 4.69) is 5.32 Å². The van der Waals surface area contributed by atoms with Crippen molar-refractivity contribution in [2.75, 3.05) is 13.2 Å². The lowest BCUT2D eigenvalue weighted by molar-refractivity contribution is -0.152. The normalized spacial score (nSPS) is 21.8. The van der Waals surface area contributed by atoms with Crippen molar-refractivity contribution in [3.05, 3.63) is 93.8 Å². The summed E-state index contributed by atoms with van der Waals surface area (Å²) in [6, 6.07) is 17.3. The first-order valence-electron chi connectivity index (χ1n) is 12.1. The van der Waals surface area contributed by atoms with Crippen LogP contribution in [-0.4, -0.2) is 30.9 Å². The molecule has 35 heavy (non-hydrogen) atoms. The predicted molar refractivity (Wildman–Crippen MR) is 132 cm³/mol. The van der Waals surface area contributed by atoms with E-state index in [4.69, 9.17) is 9.47 Å². The van der Waals surface area contributed by atoms with Crippen molar-refractivity contribution < 1.29 is 23.9 Å². The van der Waals surface area contributed by atoms with Gasteiger partial charge in [0.2, 0.25) is 0 Å². The number of esters is 2. The summed E-state index contributed by atoms with van der Waals surface area (Å²) >= 11 is 0. The maximum absolute atomic E-state index is 14.2. The van der Waals surface area contributed by atoms with E-state index in [0.717, 1.165) is 22.4 Å². The summed E-state index contributed by atoms with van der Waals surface area (Å²) in [5.74, 6) is -3.32. The highest BCUT2D eigenvalue weighted by molar-refractivity contribution is 6.13. The Bertz CT molecular complexity index is 1210. The number of hydrogen-bond donors (Lipinski definition) is 1.